The molecule has 1 heterocycles. The number of amides is 1. The molecule has 1 rings (SSSR count). The molecule has 0 aromatic carbocycles. The Morgan fingerprint density at radius 1 is 0.559 bits per heavy atom. The van der Waals surface area contributed by atoms with E-state index in [-0.39, 0.29) is 12.5 Å². The Morgan fingerprint density at radius 3 is 1.37 bits per heavy atom. The molecule has 59 heavy (non-hydrogen) atoms. The number of unbranched alkanes of at least 4 members (excludes halogenated alkanes) is 31. The molecule has 6 N–H and O–H groups in total. The van der Waals surface area contributed by atoms with Gasteiger partial charge in [0.15, 0.2) is 6.29 Å². The quantitative estimate of drug-likeness (QED) is 0.0263. The van der Waals surface area contributed by atoms with Gasteiger partial charge in [-0.15, -0.1) is 0 Å². The number of carbonyl (C=O) groups excluding carboxylic acids is 1. The minimum absolute atomic E-state index is 0.138. The van der Waals surface area contributed by atoms with E-state index in [9.17, 15) is 30.3 Å². The van der Waals surface area contributed by atoms with E-state index in [2.05, 4.69) is 31.3 Å². The molecule has 7 unspecified atom stereocenters. The number of allylic oxidation sites excluding steroid dienone is 2. The normalized spacial score (nSPS) is 20.7. The van der Waals surface area contributed by atoms with Gasteiger partial charge in [0.25, 0.3) is 0 Å². The second kappa shape index (κ2) is 41.0. The Balaban J connectivity index is 2.27. The van der Waals surface area contributed by atoms with E-state index in [0.717, 1.165) is 51.4 Å². The van der Waals surface area contributed by atoms with Gasteiger partial charge >= 0.3 is 0 Å². The van der Waals surface area contributed by atoms with Gasteiger partial charge in [-0.2, -0.15) is 0 Å². The van der Waals surface area contributed by atoms with Gasteiger partial charge in [-0.25, -0.2) is 0 Å². The Kier molecular flexibility index (Phi) is 38.9. The topological polar surface area (TPSA) is 149 Å². The molecule has 1 fully saturated rings. The first-order valence-corrected chi connectivity index (χ1v) is 25.4. The van der Waals surface area contributed by atoms with E-state index in [4.69, 9.17) is 9.47 Å². The zero-order valence-corrected chi connectivity index (χ0v) is 38.5. The third-order valence-electron chi connectivity index (χ3n) is 12.4. The van der Waals surface area contributed by atoms with Gasteiger partial charge in [0.05, 0.1) is 25.4 Å². The summed E-state index contributed by atoms with van der Waals surface area (Å²) in [5.41, 5.74) is 0. The molecule has 0 bridgehead atoms. The largest absolute Gasteiger partial charge is 0.394 e. The SMILES string of the molecule is CCCCCCCC/C=C\CCCCCCCC(=O)NC(COC1OC(CO)C(O)C(O)C1O)C(O)CCCCCCCCCCCCCCCCCCCCCCC. The average molecular weight is 840 g/mol. The number of nitrogens with one attached hydrogen (secondary N) is 1. The Labute approximate surface area is 363 Å². The second-order valence-electron chi connectivity index (χ2n) is 18.0. The molecule has 1 amide bonds. The van der Waals surface area contributed by atoms with Crippen molar-refractivity contribution in [3.8, 4) is 0 Å². The minimum atomic E-state index is -1.55. The first-order valence-electron chi connectivity index (χ1n) is 25.4. The molecule has 0 radical (unpaired) electrons. The Morgan fingerprint density at radius 2 is 0.949 bits per heavy atom. The summed E-state index contributed by atoms with van der Waals surface area (Å²) in [5.74, 6) is -0.150. The van der Waals surface area contributed by atoms with E-state index in [1.54, 1.807) is 0 Å². The van der Waals surface area contributed by atoms with Crippen LogP contribution in [0.5, 0.6) is 0 Å². The van der Waals surface area contributed by atoms with E-state index in [1.165, 1.54) is 167 Å². The fourth-order valence-corrected chi connectivity index (χ4v) is 8.27. The Bertz CT molecular complexity index is 935. The molecule has 0 saturated carbocycles. The van der Waals surface area contributed by atoms with Crippen molar-refractivity contribution in [2.75, 3.05) is 13.2 Å². The molecule has 1 aliphatic rings. The summed E-state index contributed by atoms with van der Waals surface area (Å²) in [6.07, 6.45) is 40.8. The third-order valence-corrected chi connectivity index (χ3v) is 12.4. The maximum atomic E-state index is 13.0. The van der Waals surface area contributed by atoms with Crippen LogP contribution in [0.1, 0.15) is 245 Å². The number of aliphatic hydroxyl groups is 5. The molecular formula is C50H97NO8. The van der Waals surface area contributed by atoms with E-state index in [1.807, 2.05) is 0 Å². The minimum Gasteiger partial charge on any atom is -0.394 e. The lowest BCUT2D eigenvalue weighted by atomic mass is 9.99. The van der Waals surface area contributed by atoms with E-state index >= 15 is 0 Å². The van der Waals surface area contributed by atoms with Crippen LogP contribution < -0.4 is 5.32 Å². The van der Waals surface area contributed by atoms with Crippen LogP contribution in [-0.4, -0.2) is 87.5 Å². The van der Waals surface area contributed by atoms with Crippen LogP contribution in [-0.2, 0) is 14.3 Å². The smallest absolute Gasteiger partial charge is 0.220 e. The summed E-state index contributed by atoms with van der Waals surface area (Å²) in [7, 11) is 0. The maximum absolute atomic E-state index is 13.0. The van der Waals surface area contributed by atoms with Gasteiger partial charge in [-0.05, 0) is 38.5 Å². The zero-order chi connectivity index (χ0) is 43.0. The van der Waals surface area contributed by atoms with Crippen LogP contribution in [0.2, 0.25) is 0 Å². The maximum Gasteiger partial charge on any atom is 0.220 e. The molecule has 7 atom stereocenters. The molecular weight excluding hydrogens is 743 g/mol. The highest BCUT2D eigenvalue weighted by atomic mass is 16.7. The van der Waals surface area contributed by atoms with Gasteiger partial charge in [0.2, 0.25) is 5.91 Å². The molecule has 350 valence electrons. The van der Waals surface area contributed by atoms with Crippen LogP contribution >= 0.6 is 0 Å². The summed E-state index contributed by atoms with van der Waals surface area (Å²) in [6.45, 7) is 3.84. The predicted molar refractivity (Wildman–Crippen MR) is 244 cm³/mol. The molecule has 9 nitrogen and oxygen atoms in total. The number of aliphatic hydroxyl groups excluding tert-OH is 5. The average Bonchev–Trinajstić information content (AvgIpc) is 3.23. The highest BCUT2D eigenvalue weighted by Gasteiger charge is 2.44. The van der Waals surface area contributed by atoms with Crippen LogP contribution in [0.3, 0.4) is 0 Å². The number of hydrogen-bond donors (Lipinski definition) is 6. The summed E-state index contributed by atoms with van der Waals surface area (Å²) in [4.78, 5) is 13.0. The van der Waals surface area contributed by atoms with Crippen molar-refractivity contribution in [3.63, 3.8) is 0 Å². The van der Waals surface area contributed by atoms with Crippen molar-refractivity contribution in [3.05, 3.63) is 12.2 Å². The lowest BCUT2D eigenvalue weighted by Crippen LogP contribution is -2.60. The fraction of sp³-hybridized carbons (Fsp3) is 0.940. The van der Waals surface area contributed by atoms with Crippen molar-refractivity contribution < 1.29 is 39.8 Å². The highest BCUT2D eigenvalue weighted by molar-refractivity contribution is 5.76. The summed E-state index contributed by atoms with van der Waals surface area (Å²) in [6, 6.07) is -0.719. The van der Waals surface area contributed by atoms with Crippen molar-refractivity contribution in [1.82, 2.24) is 5.32 Å². The summed E-state index contributed by atoms with van der Waals surface area (Å²) < 4.78 is 11.3. The van der Waals surface area contributed by atoms with E-state index in [0.29, 0.717) is 12.8 Å². The van der Waals surface area contributed by atoms with Gasteiger partial charge in [0.1, 0.15) is 24.4 Å². The van der Waals surface area contributed by atoms with Crippen molar-refractivity contribution in [1.29, 1.82) is 0 Å². The number of hydrogen-bond acceptors (Lipinski definition) is 8. The highest BCUT2D eigenvalue weighted by Crippen LogP contribution is 2.23. The first kappa shape index (κ1) is 55.9. The summed E-state index contributed by atoms with van der Waals surface area (Å²) in [5, 5.41) is 54.5. The van der Waals surface area contributed by atoms with Crippen LogP contribution in [0.4, 0.5) is 0 Å². The second-order valence-corrected chi connectivity index (χ2v) is 18.0. The zero-order valence-electron chi connectivity index (χ0n) is 38.5. The molecule has 0 aliphatic carbocycles. The van der Waals surface area contributed by atoms with Crippen molar-refractivity contribution in [2.24, 2.45) is 0 Å². The van der Waals surface area contributed by atoms with Crippen LogP contribution in [0.15, 0.2) is 12.2 Å². The Hall–Kier alpha value is -1.07. The van der Waals surface area contributed by atoms with Gasteiger partial charge in [0, 0.05) is 6.42 Å². The molecule has 0 aromatic rings. The molecule has 9 heteroatoms. The molecule has 1 aliphatic heterocycles. The number of carbonyl (C=O) groups is 1. The van der Waals surface area contributed by atoms with Gasteiger partial charge in [-0.1, -0.05) is 212 Å². The van der Waals surface area contributed by atoms with Crippen molar-refractivity contribution >= 4 is 5.91 Å². The number of rotatable bonds is 43. The number of ether oxygens (including phenoxy) is 2. The lowest BCUT2D eigenvalue weighted by Gasteiger charge is -2.40. The predicted octanol–water partition coefficient (Wildman–Crippen LogP) is 11.3. The fourth-order valence-electron chi connectivity index (χ4n) is 8.27. The standard InChI is InChI=1S/C50H97NO8/c1-3-5-7-9-11-13-15-17-19-20-21-22-23-24-26-27-29-31-33-35-37-39-44(53)43(42-58-50-49(57)48(56)47(55)45(41-52)59-50)51-46(54)40-38-36-34-32-30-28-25-18-16-14-12-10-8-6-4-2/h18,25,43-45,47-50,52-53,55-57H,3-17,19-24,26-42H2,1-2H3,(H,51,54)/b25-18-. The van der Waals surface area contributed by atoms with E-state index < -0.39 is 49.5 Å². The van der Waals surface area contributed by atoms with Crippen molar-refractivity contribution in [2.45, 2.75) is 288 Å². The van der Waals surface area contributed by atoms with Crippen LogP contribution in [0.25, 0.3) is 0 Å². The molecule has 0 spiro atoms. The van der Waals surface area contributed by atoms with Gasteiger partial charge in [-0.3, -0.25) is 4.79 Å². The lowest BCUT2D eigenvalue weighted by molar-refractivity contribution is -0.302. The first-order chi connectivity index (χ1) is 28.8. The molecule has 0 aromatic heterocycles. The van der Waals surface area contributed by atoms with Gasteiger partial charge < -0.3 is 40.3 Å². The summed E-state index contributed by atoms with van der Waals surface area (Å²) >= 11 is 0. The monoisotopic (exact) mass is 840 g/mol. The third kappa shape index (κ3) is 31.4. The van der Waals surface area contributed by atoms with Crippen LogP contribution in [0, 0.1) is 0 Å². The molecule has 1 saturated heterocycles.